The maximum absolute atomic E-state index is 5.98. The zero-order valence-electron chi connectivity index (χ0n) is 12.7. The van der Waals surface area contributed by atoms with Gasteiger partial charge in [-0.05, 0) is 56.9 Å². The summed E-state index contributed by atoms with van der Waals surface area (Å²) in [5.41, 5.74) is 2.29. The molecular weight excluding hydrogens is 262 g/mol. The first-order chi connectivity index (χ1) is 10.2. The van der Waals surface area contributed by atoms with Crippen molar-refractivity contribution in [1.29, 1.82) is 0 Å². The summed E-state index contributed by atoms with van der Waals surface area (Å²) in [5, 5.41) is 7.69. The van der Waals surface area contributed by atoms with Crippen molar-refractivity contribution in [2.24, 2.45) is 7.05 Å². The Morgan fingerprint density at radius 1 is 1.24 bits per heavy atom. The molecule has 1 atom stereocenters. The maximum Gasteiger partial charge on any atom is 0.119 e. The molecule has 2 aromatic rings. The zero-order chi connectivity index (χ0) is 14.7. The molecule has 0 radical (unpaired) electrons. The van der Waals surface area contributed by atoms with Gasteiger partial charge in [0, 0.05) is 24.5 Å². The van der Waals surface area contributed by atoms with Crippen LogP contribution in [0.15, 0.2) is 36.7 Å². The van der Waals surface area contributed by atoms with Crippen molar-refractivity contribution in [1.82, 2.24) is 9.78 Å². The quantitative estimate of drug-likeness (QED) is 0.905. The summed E-state index contributed by atoms with van der Waals surface area (Å²) in [6.45, 7) is 2.14. The average Bonchev–Trinajstić information content (AvgIpc) is 3.12. The first-order valence-electron chi connectivity index (χ1n) is 7.72. The van der Waals surface area contributed by atoms with Crippen LogP contribution in [0.2, 0.25) is 0 Å². The van der Waals surface area contributed by atoms with Gasteiger partial charge in [-0.3, -0.25) is 4.68 Å². The number of hydrogen-bond acceptors (Lipinski definition) is 3. The maximum atomic E-state index is 5.98. The van der Waals surface area contributed by atoms with Crippen LogP contribution in [0.1, 0.15) is 44.2 Å². The molecular formula is C17H23N3O. The minimum Gasteiger partial charge on any atom is -0.490 e. The second-order valence-corrected chi connectivity index (χ2v) is 5.86. The van der Waals surface area contributed by atoms with Gasteiger partial charge in [-0.2, -0.15) is 5.10 Å². The van der Waals surface area contributed by atoms with Gasteiger partial charge in [0.2, 0.25) is 0 Å². The third kappa shape index (κ3) is 3.57. The Morgan fingerprint density at radius 3 is 2.57 bits per heavy atom. The molecule has 4 nitrogen and oxygen atoms in total. The molecule has 4 heteroatoms. The van der Waals surface area contributed by atoms with Crippen molar-refractivity contribution in [3.05, 3.63) is 42.2 Å². The van der Waals surface area contributed by atoms with E-state index in [1.807, 2.05) is 24.1 Å². The molecule has 1 aromatic carbocycles. The fourth-order valence-electron chi connectivity index (χ4n) is 2.83. The lowest BCUT2D eigenvalue weighted by Gasteiger charge is -2.16. The molecule has 1 unspecified atom stereocenters. The van der Waals surface area contributed by atoms with Crippen LogP contribution in [-0.4, -0.2) is 15.9 Å². The van der Waals surface area contributed by atoms with Crippen molar-refractivity contribution < 1.29 is 4.74 Å². The van der Waals surface area contributed by atoms with E-state index in [4.69, 9.17) is 4.74 Å². The first-order valence-corrected chi connectivity index (χ1v) is 7.72. The van der Waals surface area contributed by atoms with Gasteiger partial charge >= 0.3 is 0 Å². The van der Waals surface area contributed by atoms with E-state index in [2.05, 4.69) is 41.6 Å². The van der Waals surface area contributed by atoms with E-state index in [1.165, 1.54) is 31.2 Å². The minimum absolute atomic E-state index is 0.236. The van der Waals surface area contributed by atoms with Gasteiger partial charge in [0.25, 0.3) is 0 Å². The molecule has 1 N–H and O–H groups in total. The molecule has 3 rings (SSSR count). The monoisotopic (exact) mass is 285 g/mol. The van der Waals surface area contributed by atoms with Gasteiger partial charge in [0.1, 0.15) is 5.75 Å². The van der Waals surface area contributed by atoms with Crippen LogP contribution in [0, 0.1) is 0 Å². The molecule has 0 saturated heterocycles. The Hall–Kier alpha value is -1.97. The van der Waals surface area contributed by atoms with E-state index >= 15 is 0 Å². The number of nitrogens with one attached hydrogen (secondary N) is 1. The molecule has 0 bridgehead atoms. The summed E-state index contributed by atoms with van der Waals surface area (Å²) >= 11 is 0. The fraction of sp³-hybridized carbons (Fsp3) is 0.471. The lowest BCUT2D eigenvalue weighted by Crippen LogP contribution is -2.11. The van der Waals surface area contributed by atoms with Crippen molar-refractivity contribution in [2.75, 3.05) is 5.32 Å². The van der Waals surface area contributed by atoms with Crippen molar-refractivity contribution in [2.45, 2.75) is 44.8 Å². The van der Waals surface area contributed by atoms with Crippen molar-refractivity contribution >= 4 is 5.69 Å². The molecule has 1 heterocycles. The molecule has 1 fully saturated rings. The van der Waals surface area contributed by atoms with Crippen LogP contribution in [0.5, 0.6) is 5.75 Å². The number of anilines is 1. The minimum atomic E-state index is 0.236. The van der Waals surface area contributed by atoms with Crippen LogP contribution >= 0.6 is 0 Å². The highest BCUT2D eigenvalue weighted by Gasteiger charge is 2.16. The van der Waals surface area contributed by atoms with Gasteiger partial charge in [-0.15, -0.1) is 0 Å². The zero-order valence-corrected chi connectivity index (χ0v) is 12.7. The molecule has 0 spiro atoms. The Morgan fingerprint density at radius 2 is 1.95 bits per heavy atom. The van der Waals surface area contributed by atoms with Crippen molar-refractivity contribution in [3.63, 3.8) is 0 Å². The second-order valence-electron chi connectivity index (χ2n) is 5.86. The Labute approximate surface area is 126 Å². The summed E-state index contributed by atoms with van der Waals surface area (Å²) in [7, 11) is 1.94. The number of aromatic nitrogens is 2. The number of aryl methyl sites for hydroxylation is 1. The van der Waals surface area contributed by atoms with Crippen LogP contribution in [0.4, 0.5) is 5.69 Å². The fourth-order valence-corrected chi connectivity index (χ4v) is 2.83. The Balaban J connectivity index is 1.58. The van der Waals surface area contributed by atoms with Crippen LogP contribution in [0.3, 0.4) is 0 Å². The molecule has 1 aliphatic rings. The van der Waals surface area contributed by atoms with E-state index in [-0.39, 0.29) is 6.04 Å². The molecule has 21 heavy (non-hydrogen) atoms. The summed E-state index contributed by atoms with van der Waals surface area (Å²) < 4.78 is 7.81. The summed E-state index contributed by atoms with van der Waals surface area (Å²) in [6.07, 6.45) is 9.33. The highest BCUT2D eigenvalue weighted by Crippen LogP contribution is 2.26. The van der Waals surface area contributed by atoms with Gasteiger partial charge in [-0.1, -0.05) is 0 Å². The number of ether oxygens (including phenoxy) is 1. The van der Waals surface area contributed by atoms with Gasteiger partial charge in [0.15, 0.2) is 0 Å². The van der Waals surface area contributed by atoms with E-state index in [9.17, 15) is 0 Å². The third-order valence-corrected chi connectivity index (χ3v) is 4.07. The number of rotatable bonds is 5. The SMILES string of the molecule is CC(Nc1ccc(OC2CCCC2)cc1)c1cnn(C)c1. The van der Waals surface area contributed by atoms with Gasteiger partial charge < -0.3 is 10.1 Å². The highest BCUT2D eigenvalue weighted by molar-refractivity contribution is 5.48. The van der Waals surface area contributed by atoms with Crippen LogP contribution in [-0.2, 0) is 7.05 Å². The van der Waals surface area contributed by atoms with Gasteiger partial charge in [-0.25, -0.2) is 0 Å². The molecule has 0 aliphatic heterocycles. The van der Waals surface area contributed by atoms with Crippen molar-refractivity contribution in [3.8, 4) is 5.75 Å². The van der Waals surface area contributed by atoms with E-state index < -0.39 is 0 Å². The Bertz CT molecular complexity index is 570. The molecule has 112 valence electrons. The standard InChI is InChI=1S/C17H23N3O/c1-13(14-11-18-20(2)12-14)19-15-7-9-17(10-8-15)21-16-5-3-4-6-16/h7-13,16,19H,3-6H2,1-2H3. The summed E-state index contributed by atoms with van der Waals surface area (Å²) in [6, 6.07) is 8.50. The van der Waals surface area contributed by atoms with Gasteiger partial charge in [0.05, 0.1) is 18.3 Å². The summed E-state index contributed by atoms with van der Waals surface area (Å²) in [4.78, 5) is 0. The first kappa shape index (κ1) is 14.0. The van der Waals surface area contributed by atoms with Crippen LogP contribution in [0.25, 0.3) is 0 Å². The predicted molar refractivity (Wildman–Crippen MR) is 84.6 cm³/mol. The lowest BCUT2D eigenvalue weighted by molar-refractivity contribution is 0.210. The van der Waals surface area contributed by atoms with E-state index in [0.717, 1.165) is 11.4 Å². The second kappa shape index (κ2) is 6.20. The lowest BCUT2D eigenvalue weighted by atomic mass is 10.2. The third-order valence-electron chi connectivity index (χ3n) is 4.07. The molecule has 1 aliphatic carbocycles. The number of hydrogen-bond donors (Lipinski definition) is 1. The Kier molecular flexibility index (Phi) is 4.13. The average molecular weight is 285 g/mol. The topological polar surface area (TPSA) is 39.1 Å². The van der Waals surface area contributed by atoms with E-state index in [1.54, 1.807) is 0 Å². The predicted octanol–water partition coefficient (Wildman–Crippen LogP) is 3.91. The highest BCUT2D eigenvalue weighted by atomic mass is 16.5. The molecule has 1 aromatic heterocycles. The van der Waals surface area contributed by atoms with E-state index in [0.29, 0.717) is 6.10 Å². The molecule has 1 saturated carbocycles. The number of benzene rings is 1. The molecule has 0 amide bonds. The van der Waals surface area contributed by atoms with Crippen LogP contribution < -0.4 is 10.1 Å². The summed E-state index contributed by atoms with van der Waals surface area (Å²) in [5.74, 6) is 0.974. The smallest absolute Gasteiger partial charge is 0.119 e. The normalized spacial score (nSPS) is 16.9. The number of nitrogens with zero attached hydrogens (tertiary/aromatic N) is 2. The largest absolute Gasteiger partial charge is 0.490 e.